The highest BCUT2D eigenvalue weighted by Crippen LogP contribution is 2.52. The molecule has 0 amide bonds. The van der Waals surface area contributed by atoms with Gasteiger partial charge in [0, 0.05) is 24.3 Å². The first-order valence-electron chi connectivity index (χ1n) is 9.76. The van der Waals surface area contributed by atoms with Gasteiger partial charge in [-0.2, -0.15) is 0 Å². The third-order valence-corrected chi connectivity index (χ3v) is 6.18. The summed E-state index contributed by atoms with van der Waals surface area (Å²) in [7, 11) is 0. The molecule has 1 aromatic rings. The molecule has 3 heteroatoms. The van der Waals surface area contributed by atoms with E-state index in [0.29, 0.717) is 5.92 Å². The van der Waals surface area contributed by atoms with Crippen molar-refractivity contribution in [3.8, 4) is 17.6 Å². The zero-order valence-corrected chi connectivity index (χ0v) is 15.7. The van der Waals surface area contributed by atoms with E-state index in [1.54, 1.807) is 4.90 Å². The van der Waals surface area contributed by atoms with E-state index in [9.17, 15) is 0 Å². The van der Waals surface area contributed by atoms with Crippen molar-refractivity contribution < 1.29 is 14.4 Å². The van der Waals surface area contributed by atoms with Gasteiger partial charge in [0.15, 0.2) is 0 Å². The van der Waals surface area contributed by atoms with Gasteiger partial charge >= 0.3 is 0 Å². The summed E-state index contributed by atoms with van der Waals surface area (Å²) >= 11 is 0. The maximum absolute atomic E-state index is 6.64. The van der Waals surface area contributed by atoms with E-state index in [-0.39, 0.29) is 17.3 Å². The van der Waals surface area contributed by atoms with Crippen LogP contribution in [-0.4, -0.2) is 30.8 Å². The smallest absolute Gasteiger partial charge is 0.139 e. The summed E-state index contributed by atoms with van der Waals surface area (Å²) < 4.78 is 12.9. The van der Waals surface area contributed by atoms with Crippen LogP contribution in [0.2, 0.25) is 0 Å². The first-order chi connectivity index (χ1) is 12.0. The topological polar surface area (TPSA) is 22.9 Å². The van der Waals surface area contributed by atoms with Gasteiger partial charge in [0.25, 0.3) is 0 Å². The Kier molecular flexibility index (Phi) is 4.30. The summed E-state index contributed by atoms with van der Waals surface area (Å²) in [5, 5.41) is 0. The summed E-state index contributed by atoms with van der Waals surface area (Å²) in [5.41, 5.74) is 0.638. The minimum Gasteiger partial charge on any atom is -0.487 e. The SMILES string of the molecule is CC1(C)Oc2ccccc2[C@H]2O[C@](C)(C#CC[NH+]3CCCC3)CC[C@H]21. The Morgan fingerprint density at radius 2 is 1.92 bits per heavy atom. The zero-order chi connectivity index (χ0) is 17.5. The van der Waals surface area contributed by atoms with Gasteiger partial charge in [0.05, 0.1) is 19.2 Å². The molecule has 3 aliphatic rings. The van der Waals surface area contributed by atoms with Gasteiger partial charge < -0.3 is 14.4 Å². The summed E-state index contributed by atoms with van der Waals surface area (Å²) in [5.74, 6) is 8.26. The van der Waals surface area contributed by atoms with Crippen LogP contribution in [0.5, 0.6) is 5.75 Å². The van der Waals surface area contributed by atoms with Crippen LogP contribution in [0.1, 0.15) is 58.1 Å². The van der Waals surface area contributed by atoms with Crippen molar-refractivity contribution in [2.24, 2.45) is 5.92 Å². The lowest BCUT2D eigenvalue weighted by atomic mass is 9.73. The summed E-state index contributed by atoms with van der Waals surface area (Å²) in [6.45, 7) is 10.1. The molecule has 3 atom stereocenters. The molecule has 0 aliphatic carbocycles. The van der Waals surface area contributed by atoms with Crippen molar-refractivity contribution in [2.45, 2.75) is 63.8 Å². The van der Waals surface area contributed by atoms with Crippen molar-refractivity contribution in [3.63, 3.8) is 0 Å². The van der Waals surface area contributed by atoms with E-state index in [0.717, 1.165) is 25.1 Å². The molecule has 0 aromatic heterocycles. The largest absolute Gasteiger partial charge is 0.487 e. The molecule has 134 valence electrons. The van der Waals surface area contributed by atoms with Crippen LogP contribution in [-0.2, 0) is 4.74 Å². The Labute approximate surface area is 151 Å². The maximum Gasteiger partial charge on any atom is 0.139 e. The second-order valence-corrected chi connectivity index (χ2v) is 8.59. The lowest BCUT2D eigenvalue weighted by molar-refractivity contribution is -0.879. The fraction of sp³-hybridized carbons (Fsp3) is 0.636. The molecule has 1 N–H and O–H groups in total. The predicted molar refractivity (Wildman–Crippen MR) is 98.7 cm³/mol. The quantitative estimate of drug-likeness (QED) is 0.795. The van der Waals surface area contributed by atoms with Crippen molar-refractivity contribution in [1.82, 2.24) is 0 Å². The predicted octanol–water partition coefficient (Wildman–Crippen LogP) is 2.77. The van der Waals surface area contributed by atoms with Crippen LogP contribution < -0.4 is 9.64 Å². The third-order valence-electron chi connectivity index (χ3n) is 6.18. The van der Waals surface area contributed by atoms with Gasteiger partial charge in [-0.3, -0.25) is 0 Å². The van der Waals surface area contributed by atoms with E-state index in [1.165, 1.54) is 31.5 Å². The van der Waals surface area contributed by atoms with Gasteiger partial charge in [0.2, 0.25) is 0 Å². The molecule has 0 spiro atoms. The molecule has 0 radical (unpaired) electrons. The average Bonchev–Trinajstić information content (AvgIpc) is 3.07. The second-order valence-electron chi connectivity index (χ2n) is 8.59. The fourth-order valence-electron chi connectivity index (χ4n) is 4.66. The number of quaternary nitrogens is 1. The van der Waals surface area contributed by atoms with E-state index in [2.05, 4.69) is 50.8 Å². The monoisotopic (exact) mass is 340 g/mol. The van der Waals surface area contributed by atoms with Crippen LogP contribution in [0.15, 0.2) is 24.3 Å². The summed E-state index contributed by atoms with van der Waals surface area (Å²) in [4.78, 5) is 1.63. The lowest BCUT2D eigenvalue weighted by Crippen LogP contribution is -3.09. The fourth-order valence-corrected chi connectivity index (χ4v) is 4.66. The first kappa shape index (κ1) is 16.9. The standard InChI is InChI=1S/C22H29NO2/c1-21(2)18-11-13-22(3,12-8-16-23-14-6-7-15-23)25-20(18)17-9-4-5-10-19(17)24-21/h4-5,9-10,18,20H,6-7,11,13-16H2,1-3H3/p+1/t18-,20-,22-/m1/s1. The number of benzene rings is 1. The second kappa shape index (κ2) is 6.34. The van der Waals surface area contributed by atoms with Gasteiger partial charge in [-0.05, 0) is 45.6 Å². The van der Waals surface area contributed by atoms with Crippen molar-refractivity contribution in [3.05, 3.63) is 29.8 Å². The molecule has 0 bridgehead atoms. The van der Waals surface area contributed by atoms with Crippen LogP contribution in [0.4, 0.5) is 0 Å². The minimum absolute atomic E-state index is 0.0760. The molecule has 0 saturated carbocycles. The van der Waals surface area contributed by atoms with Crippen molar-refractivity contribution in [2.75, 3.05) is 19.6 Å². The number of hydrogen-bond donors (Lipinski definition) is 1. The molecule has 25 heavy (non-hydrogen) atoms. The molecule has 2 fully saturated rings. The molecule has 1 aromatic carbocycles. The van der Waals surface area contributed by atoms with Crippen molar-refractivity contribution >= 4 is 0 Å². The molecule has 4 rings (SSSR count). The Morgan fingerprint density at radius 1 is 1.16 bits per heavy atom. The van der Waals surface area contributed by atoms with Crippen LogP contribution >= 0.6 is 0 Å². The number of ether oxygens (including phenoxy) is 2. The average molecular weight is 340 g/mol. The minimum atomic E-state index is -0.346. The van der Waals surface area contributed by atoms with E-state index in [4.69, 9.17) is 9.47 Å². The van der Waals surface area contributed by atoms with Crippen LogP contribution in [0, 0.1) is 17.8 Å². The van der Waals surface area contributed by atoms with E-state index in [1.807, 2.05) is 6.07 Å². The number of rotatable bonds is 1. The molecular weight excluding hydrogens is 310 g/mol. The third kappa shape index (κ3) is 3.30. The number of likely N-dealkylation sites (tertiary alicyclic amines) is 1. The number of hydrogen-bond acceptors (Lipinski definition) is 2. The molecule has 3 aliphatic heterocycles. The van der Waals surface area contributed by atoms with Gasteiger partial charge in [-0.25, -0.2) is 0 Å². The number of fused-ring (bicyclic) bond motifs is 3. The first-order valence-corrected chi connectivity index (χ1v) is 9.76. The highest BCUT2D eigenvalue weighted by atomic mass is 16.5. The Morgan fingerprint density at radius 3 is 2.72 bits per heavy atom. The van der Waals surface area contributed by atoms with E-state index >= 15 is 0 Å². The zero-order valence-electron chi connectivity index (χ0n) is 15.7. The number of para-hydroxylation sites is 1. The van der Waals surface area contributed by atoms with Crippen LogP contribution in [0.3, 0.4) is 0 Å². The molecular formula is C22H30NO2+. The van der Waals surface area contributed by atoms with Crippen molar-refractivity contribution in [1.29, 1.82) is 0 Å². The Hall–Kier alpha value is -1.50. The molecule has 0 unspecified atom stereocenters. The molecule has 2 saturated heterocycles. The molecule has 3 heterocycles. The summed E-state index contributed by atoms with van der Waals surface area (Å²) in [6, 6.07) is 8.33. The van der Waals surface area contributed by atoms with E-state index < -0.39 is 0 Å². The van der Waals surface area contributed by atoms with Gasteiger partial charge in [0.1, 0.15) is 23.5 Å². The van der Waals surface area contributed by atoms with Gasteiger partial charge in [-0.1, -0.05) is 24.1 Å². The Balaban J connectivity index is 1.55. The Bertz CT molecular complexity index is 695. The number of nitrogens with one attached hydrogen (secondary N) is 1. The molecule has 3 nitrogen and oxygen atoms in total. The maximum atomic E-state index is 6.64. The normalized spacial score (nSPS) is 33.6. The highest BCUT2D eigenvalue weighted by Gasteiger charge is 2.49. The van der Waals surface area contributed by atoms with Gasteiger partial charge in [-0.15, -0.1) is 0 Å². The summed E-state index contributed by atoms with van der Waals surface area (Å²) in [6.07, 6.45) is 4.84. The highest BCUT2D eigenvalue weighted by molar-refractivity contribution is 5.39. The lowest BCUT2D eigenvalue weighted by Gasteiger charge is -2.50. The van der Waals surface area contributed by atoms with Crippen LogP contribution in [0.25, 0.3) is 0 Å².